The number of hydrogen-bond donors (Lipinski definition) is 0. The number of hydrogen-bond acceptors (Lipinski definition) is 6. The van der Waals surface area contributed by atoms with Gasteiger partial charge in [0.1, 0.15) is 16.9 Å². The molecule has 0 unspecified atom stereocenters. The Bertz CT molecular complexity index is 1300. The summed E-state index contributed by atoms with van der Waals surface area (Å²) in [6.07, 6.45) is 5.39. The van der Waals surface area contributed by atoms with Crippen molar-refractivity contribution in [3.05, 3.63) is 54.2 Å². The number of rotatable bonds is 3. The third-order valence-corrected chi connectivity index (χ3v) is 6.26. The molecule has 7 nitrogen and oxygen atoms in total. The fourth-order valence-corrected chi connectivity index (χ4v) is 4.25. The third kappa shape index (κ3) is 4.70. The van der Waals surface area contributed by atoms with Crippen molar-refractivity contribution in [2.24, 2.45) is 0 Å². The monoisotopic (exact) mass is 454 g/mol. The summed E-state index contributed by atoms with van der Waals surface area (Å²) in [6.45, 7) is 6.58. The molecule has 0 spiro atoms. The maximum absolute atomic E-state index is 12.5. The zero-order chi connectivity index (χ0) is 23.1. The first kappa shape index (κ1) is 22.1. The minimum absolute atomic E-state index is 0.255. The van der Waals surface area contributed by atoms with Gasteiger partial charge in [-0.2, -0.15) is 0 Å². The lowest BCUT2D eigenvalue weighted by atomic mass is 10.0. The minimum atomic E-state index is -3.26. The van der Waals surface area contributed by atoms with Crippen LogP contribution in [0.4, 0.5) is 4.79 Å². The Morgan fingerprint density at radius 2 is 1.88 bits per heavy atom. The SMILES string of the molecule is CC(C)(C)OC(=O)N1CCC=C(c2ccnc3cc(-c4ccc(S(C)(=O)=O)cc4)oc23)C1. The summed E-state index contributed by atoms with van der Waals surface area (Å²) in [5.74, 6) is 0.598. The van der Waals surface area contributed by atoms with Crippen molar-refractivity contribution in [1.82, 2.24) is 9.88 Å². The van der Waals surface area contributed by atoms with E-state index in [0.29, 0.717) is 29.9 Å². The van der Waals surface area contributed by atoms with Gasteiger partial charge < -0.3 is 14.1 Å². The molecule has 2 aromatic heterocycles. The van der Waals surface area contributed by atoms with Crippen molar-refractivity contribution in [1.29, 1.82) is 0 Å². The van der Waals surface area contributed by atoms with Gasteiger partial charge in [0, 0.05) is 42.7 Å². The largest absolute Gasteiger partial charge is 0.454 e. The molecule has 0 radical (unpaired) electrons. The summed E-state index contributed by atoms with van der Waals surface area (Å²) in [5.41, 5.74) is 3.39. The van der Waals surface area contributed by atoms with Crippen LogP contribution in [0.3, 0.4) is 0 Å². The quantitative estimate of drug-likeness (QED) is 0.558. The summed E-state index contributed by atoms with van der Waals surface area (Å²) in [6, 6.07) is 10.3. The highest BCUT2D eigenvalue weighted by molar-refractivity contribution is 7.90. The number of fused-ring (bicyclic) bond motifs is 1. The molecule has 0 N–H and O–H groups in total. The number of furan rings is 1. The predicted molar refractivity (Wildman–Crippen MR) is 123 cm³/mol. The second kappa shape index (κ2) is 8.09. The van der Waals surface area contributed by atoms with Gasteiger partial charge in [-0.25, -0.2) is 13.2 Å². The lowest BCUT2D eigenvalue weighted by molar-refractivity contribution is 0.0273. The van der Waals surface area contributed by atoms with Crippen molar-refractivity contribution in [3.8, 4) is 11.3 Å². The zero-order valence-corrected chi connectivity index (χ0v) is 19.4. The number of sulfone groups is 1. The minimum Gasteiger partial charge on any atom is -0.454 e. The van der Waals surface area contributed by atoms with E-state index in [0.717, 1.165) is 23.1 Å². The zero-order valence-electron chi connectivity index (χ0n) is 18.6. The average Bonchev–Trinajstić information content (AvgIpc) is 3.16. The van der Waals surface area contributed by atoms with Crippen LogP contribution in [0.25, 0.3) is 28.0 Å². The van der Waals surface area contributed by atoms with E-state index in [1.807, 2.05) is 32.9 Å². The van der Waals surface area contributed by atoms with E-state index in [1.54, 1.807) is 35.4 Å². The van der Waals surface area contributed by atoms with Crippen LogP contribution in [0.1, 0.15) is 32.8 Å². The van der Waals surface area contributed by atoms with Crippen LogP contribution in [-0.4, -0.2) is 49.3 Å². The van der Waals surface area contributed by atoms with Crippen LogP contribution in [0, 0.1) is 0 Å². The van der Waals surface area contributed by atoms with Gasteiger partial charge in [-0.1, -0.05) is 6.08 Å². The highest BCUT2D eigenvalue weighted by Crippen LogP contribution is 2.33. The predicted octanol–water partition coefficient (Wildman–Crippen LogP) is 4.92. The molecule has 1 aliphatic rings. The lowest BCUT2D eigenvalue weighted by Crippen LogP contribution is -2.39. The van der Waals surface area contributed by atoms with Crippen LogP contribution in [0.15, 0.2) is 58.0 Å². The van der Waals surface area contributed by atoms with Gasteiger partial charge in [0.25, 0.3) is 0 Å². The van der Waals surface area contributed by atoms with Gasteiger partial charge >= 0.3 is 6.09 Å². The smallest absolute Gasteiger partial charge is 0.410 e. The summed E-state index contributed by atoms with van der Waals surface area (Å²) in [7, 11) is -3.26. The number of carbonyl (C=O) groups excluding carboxylic acids is 1. The van der Waals surface area contributed by atoms with E-state index < -0.39 is 15.4 Å². The molecule has 0 bridgehead atoms. The number of nitrogens with zero attached hydrogens (tertiary/aromatic N) is 2. The van der Waals surface area contributed by atoms with E-state index in [1.165, 1.54) is 6.26 Å². The molecule has 1 aromatic carbocycles. The van der Waals surface area contributed by atoms with Crippen LogP contribution in [0.5, 0.6) is 0 Å². The van der Waals surface area contributed by atoms with Crippen molar-refractivity contribution in [2.75, 3.05) is 19.3 Å². The summed E-state index contributed by atoms with van der Waals surface area (Å²) in [4.78, 5) is 18.9. The second-order valence-electron chi connectivity index (χ2n) is 8.90. The first-order chi connectivity index (χ1) is 15.0. The van der Waals surface area contributed by atoms with Gasteiger partial charge in [0.15, 0.2) is 15.4 Å². The molecule has 8 heteroatoms. The van der Waals surface area contributed by atoms with Crippen LogP contribution >= 0.6 is 0 Å². The van der Waals surface area contributed by atoms with Crippen LogP contribution in [-0.2, 0) is 14.6 Å². The van der Waals surface area contributed by atoms with E-state index in [9.17, 15) is 13.2 Å². The molecule has 0 atom stereocenters. The lowest BCUT2D eigenvalue weighted by Gasteiger charge is -2.30. The number of aromatic nitrogens is 1. The Balaban J connectivity index is 1.64. The van der Waals surface area contributed by atoms with Gasteiger partial charge in [0.05, 0.1) is 4.90 Å². The van der Waals surface area contributed by atoms with Crippen LogP contribution in [0.2, 0.25) is 0 Å². The number of amides is 1. The second-order valence-corrected chi connectivity index (χ2v) is 10.9. The molecule has 168 valence electrons. The van der Waals surface area contributed by atoms with E-state index in [2.05, 4.69) is 11.1 Å². The molecule has 4 rings (SSSR count). The van der Waals surface area contributed by atoms with Crippen molar-refractivity contribution >= 4 is 32.6 Å². The molecular weight excluding hydrogens is 428 g/mol. The van der Waals surface area contributed by atoms with Gasteiger partial charge in [-0.15, -0.1) is 0 Å². The molecule has 0 aliphatic carbocycles. The summed E-state index contributed by atoms with van der Waals surface area (Å²) < 4.78 is 35.1. The van der Waals surface area contributed by atoms with Crippen molar-refractivity contribution < 1.29 is 22.4 Å². The van der Waals surface area contributed by atoms with E-state index in [-0.39, 0.29) is 11.0 Å². The normalized spacial score (nSPS) is 15.0. The number of ether oxygens (including phenoxy) is 1. The maximum atomic E-state index is 12.5. The maximum Gasteiger partial charge on any atom is 0.410 e. The third-order valence-electron chi connectivity index (χ3n) is 5.13. The van der Waals surface area contributed by atoms with Crippen LogP contribution < -0.4 is 0 Å². The van der Waals surface area contributed by atoms with Gasteiger partial charge in [0.2, 0.25) is 0 Å². The highest BCUT2D eigenvalue weighted by Gasteiger charge is 2.26. The first-order valence-electron chi connectivity index (χ1n) is 10.4. The van der Waals surface area contributed by atoms with Crippen molar-refractivity contribution in [3.63, 3.8) is 0 Å². The summed E-state index contributed by atoms with van der Waals surface area (Å²) in [5, 5.41) is 0. The Morgan fingerprint density at radius 3 is 2.53 bits per heavy atom. The molecular formula is C24H26N2O5S. The Kier molecular flexibility index (Phi) is 5.58. The number of carbonyl (C=O) groups is 1. The Labute approximate surface area is 187 Å². The fraction of sp³-hybridized carbons (Fsp3) is 0.333. The molecule has 3 heterocycles. The van der Waals surface area contributed by atoms with Gasteiger partial charge in [-0.05, 0) is 63.1 Å². The number of benzene rings is 1. The Morgan fingerprint density at radius 1 is 1.16 bits per heavy atom. The highest BCUT2D eigenvalue weighted by atomic mass is 32.2. The standard InChI is InChI=1S/C24H26N2O5S/c1-24(2,3)31-23(27)26-13-5-6-17(15-26)19-11-12-25-20-14-21(30-22(19)20)16-7-9-18(10-8-16)32(4,28)29/h6-12,14H,5,13,15H2,1-4H3. The number of pyridine rings is 1. The molecule has 0 saturated carbocycles. The molecule has 0 saturated heterocycles. The molecule has 1 amide bonds. The van der Waals surface area contributed by atoms with E-state index >= 15 is 0 Å². The topological polar surface area (TPSA) is 89.7 Å². The van der Waals surface area contributed by atoms with Crippen molar-refractivity contribution in [2.45, 2.75) is 37.7 Å². The first-order valence-corrected chi connectivity index (χ1v) is 12.3. The average molecular weight is 455 g/mol. The fourth-order valence-electron chi connectivity index (χ4n) is 3.62. The van der Waals surface area contributed by atoms with Gasteiger partial charge in [-0.3, -0.25) is 4.98 Å². The van der Waals surface area contributed by atoms with E-state index in [4.69, 9.17) is 9.15 Å². The molecule has 32 heavy (non-hydrogen) atoms. The summed E-state index contributed by atoms with van der Waals surface area (Å²) >= 11 is 0. The molecule has 3 aromatic rings. The Hall–Kier alpha value is -3.13. The molecule has 0 fully saturated rings. The molecule has 1 aliphatic heterocycles.